The van der Waals surface area contributed by atoms with Crippen molar-refractivity contribution in [3.05, 3.63) is 18.2 Å². The zero-order chi connectivity index (χ0) is 10.7. The van der Waals surface area contributed by atoms with E-state index in [1.54, 1.807) is 7.11 Å². The Morgan fingerprint density at radius 3 is 2.73 bits per heavy atom. The molecule has 0 saturated heterocycles. The molecule has 0 radical (unpaired) electrons. The first-order valence-corrected chi connectivity index (χ1v) is 5.26. The number of rotatable bonds is 4. The highest BCUT2D eigenvalue weighted by Crippen LogP contribution is 2.25. The molecule has 0 aliphatic heterocycles. The quantitative estimate of drug-likeness (QED) is 0.789. The highest BCUT2D eigenvalue weighted by Gasteiger charge is 2.28. The molecule has 1 aliphatic carbocycles. The van der Waals surface area contributed by atoms with Crippen LogP contribution in [0.1, 0.15) is 12.8 Å². The van der Waals surface area contributed by atoms with Crippen molar-refractivity contribution in [2.45, 2.75) is 25.0 Å². The predicted molar refractivity (Wildman–Crippen MR) is 61.2 cm³/mol. The number of anilines is 2. The number of hydrogen-bond acceptors (Lipinski definition) is 4. The fourth-order valence-electron chi connectivity index (χ4n) is 1.74. The molecular weight excluding hydrogens is 190 g/mol. The second-order valence-corrected chi connectivity index (χ2v) is 3.83. The molecule has 0 amide bonds. The Balaban J connectivity index is 1.88. The molecule has 1 aromatic rings. The summed E-state index contributed by atoms with van der Waals surface area (Å²) >= 11 is 0. The van der Waals surface area contributed by atoms with Crippen molar-refractivity contribution >= 4 is 11.6 Å². The van der Waals surface area contributed by atoms with Gasteiger partial charge in [0.25, 0.3) is 0 Å². The molecule has 15 heavy (non-hydrogen) atoms. The van der Waals surface area contributed by atoms with Gasteiger partial charge < -0.3 is 15.4 Å². The zero-order valence-electron chi connectivity index (χ0n) is 9.16. The van der Waals surface area contributed by atoms with Crippen LogP contribution < -0.4 is 10.6 Å². The van der Waals surface area contributed by atoms with E-state index in [9.17, 15) is 0 Å². The highest BCUT2D eigenvalue weighted by atomic mass is 16.5. The number of nitrogens with zero attached hydrogens (tertiary/aromatic N) is 1. The maximum absolute atomic E-state index is 5.23. The van der Waals surface area contributed by atoms with Gasteiger partial charge in [0.2, 0.25) is 0 Å². The Labute approximate surface area is 90.0 Å². The zero-order valence-corrected chi connectivity index (χ0v) is 9.16. The molecule has 1 saturated carbocycles. The fraction of sp³-hybridized carbons (Fsp3) is 0.545. The summed E-state index contributed by atoms with van der Waals surface area (Å²) in [7, 11) is 3.64. The molecule has 2 N–H and O–H groups in total. The summed E-state index contributed by atoms with van der Waals surface area (Å²) < 4.78 is 5.23. The molecule has 4 heteroatoms. The monoisotopic (exact) mass is 207 g/mol. The van der Waals surface area contributed by atoms with E-state index >= 15 is 0 Å². The first-order chi connectivity index (χ1) is 7.31. The van der Waals surface area contributed by atoms with Crippen LogP contribution in [0.25, 0.3) is 0 Å². The number of ether oxygens (including phenoxy) is 1. The SMILES string of the molecule is CNc1cccc(NC2CC(OC)C2)n1. The van der Waals surface area contributed by atoms with Crippen LogP contribution in [0.2, 0.25) is 0 Å². The third-order valence-corrected chi connectivity index (χ3v) is 2.79. The van der Waals surface area contributed by atoms with Gasteiger partial charge in [0, 0.05) is 20.2 Å². The molecule has 1 fully saturated rings. The van der Waals surface area contributed by atoms with E-state index in [0.29, 0.717) is 12.1 Å². The summed E-state index contributed by atoms with van der Waals surface area (Å²) in [5, 5.41) is 6.41. The topological polar surface area (TPSA) is 46.2 Å². The van der Waals surface area contributed by atoms with Crippen molar-refractivity contribution in [3.8, 4) is 0 Å². The first-order valence-electron chi connectivity index (χ1n) is 5.26. The van der Waals surface area contributed by atoms with Gasteiger partial charge in [0.05, 0.1) is 6.10 Å². The summed E-state index contributed by atoms with van der Waals surface area (Å²) in [5.74, 6) is 1.82. The lowest BCUT2D eigenvalue weighted by Crippen LogP contribution is -2.40. The lowest BCUT2D eigenvalue weighted by molar-refractivity contribution is 0.0328. The summed E-state index contributed by atoms with van der Waals surface area (Å²) in [5.41, 5.74) is 0. The van der Waals surface area contributed by atoms with Gasteiger partial charge in [-0.05, 0) is 25.0 Å². The minimum atomic E-state index is 0.426. The van der Waals surface area contributed by atoms with Crippen LogP contribution in [0.4, 0.5) is 11.6 Å². The van der Waals surface area contributed by atoms with Crippen molar-refractivity contribution in [2.75, 3.05) is 24.8 Å². The second-order valence-electron chi connectivity index (χ2n) is 3.83. The average molecular weight is 207 g/mol. The van der Waals surface area contributed by atoms with Crippen molar-refractivity contribution < 1.29 is 4.74 Å². The maximum Gasteiger partial charge on any atom is 0.128 e. The van der Waals surface area contributed by atoms with Crippen LogP contribution in [-0.2, 0) is 4.74 Å². The molecular formula is C11H17N3O. The Hall–Kier alpha value is -1.29. The van der Waals surface area contributed by atoms with Crippen molar-refractivity contribution in [1.82, 2.24) is 4.98 Å². The molecule has 1 heterocycles. The van der Waals surface area contributed by atoms with E-state index in [1.165, 1.54) is 0 Å². The molecule has 1 aromatic heterocycles. The number of nitrogens with one attached hydrogen (secondary N) is 2. The molecule has 0 atom stereocenters. The number of methoxy groups -OCH3 is 1. The largest absolute Gasteiger partial charge is 0.381 e. The van der Waals surface area contributed by atoms with E-state index in [2.05, 4.69) is 15.6 Å². The molecule has 0 unspecified atom stereocenters. The van der Waals surface area contributed by atoms with Gasteiger partial charge in [0.15, 0.2) is 0 Å². The van der Waals surface area contributed by atoms with Crippen LogP contribution in [-0.4, -0.2) is 31.3 Å². The lowest BCUT2D eigenvalue weighted by atomic mass is 9.89. The number of hydrogen-bond donors (Lipinski definition) is 2. The summed E-state index contributed by atoms with van der Waals surface area (Å²) in [6.45, 7) is 0. The van der Waals surface area contributed by atoms with Crippen LogP contribution in [0, 0.1) is 0 Å². The smallest absolute Gasteiger partial charge is 0.128 e. The van der Waals surface area contributed by atoms with Gasteiger partial charge in [0.1, 0.15) is 11.6 Å². The Kier molecular flexibility index (Phi) is 3.06. The van der Waals surface area contributed by atoms with E-state index in [1.807, 2.05) is 25.2 Å². The normalized spacial score (nSPS) is 24.4. The minimum Gasteiger partial charge on any atom is -0.381 e. The van der Waals surface area contributed by atoms with Gasteiger partial charge in [-0.25, -0.2) is 4.98 Å². The summed E-state index contributed by atoms with van der Waals surface area (Å²) in [6.07, 6.45) is 2.57. The van der Waals surface area contributed by atoms with Gasteiger partial charge in [-0.3, -0.25) is 0 Å². The fourth-order valence-corrected chi connectivity index (χ4v) is 1.74. The van der Waals surface area contributed by atoms with E-state index in [-0.39, 0.29) is 0 Å². The highest BCUT2D eigenvalue weighted by molar-refractivity contribution is 5.45. The van der Waals surface area contributed by atoms with Crippen molar-refractivity contribution in [2.24, 2.45) is 0 Å². The van der Waals surface area contributed by atoms with Gasteiger partial charge in [-0.1, -0.05) is 6.07 Å². The Morgan fingerprint density at radius 1 is 1.33 bits per heavy atom. The third kappa shape index (κ3) is 2.39. The van der Waals surface area contributed by atoms with Crippen LogP contribution in [0.15, 0.2) is 18.2 Å². The lowest BCUT2D eigenvalue weighted by Gasteiger charge is -2.34. The molecule has 0 aromatic carbocycles. The van der Waals surface area contributed by atoms with Gasteiger partial charge in [-0.2, -0.15) is 0 Å². The number of pyridine rings is 1. The molecule has 2 rings (SSSR count). The Bertz CT molecular complexity index is 323. The van der Waals surface area contributed by atoms with Crippen molar-refractivity contribution in [1.29, 1.82) is 0 Å². The molecule has 4 nitrogen and oxygen atoms in total. The van der Waals surface area contributed by atoms with Crippen molar-refractivity contribution in [3.63, 3.8) is 0 Å². The van der Waals surface area contributed by atoms with Gasteiger partial charge >= 0.3 is 0 Å². The number of aromatic nitrogens is 1. The maximum atomic E-state index is 5.23. The second kappa shape index (κ2) is 4.49. The Morgan fingerprint density at radius 2 is 2.07 bits per heavy atom. The average Bonchev–Trinajstić information content (AvgIpc) is 2.23. The summed E-state index contributed by atoms with van der Waals surface area (Å²) in [4.78, 5) is 4.40. The molecule has 82 valence electrons. The van der Waals surface area contributed by atoms with Gasteiger partial charge in [-0.15, -0.1) is 0 Å². The van der Waals surface area contributed by atoms with E-state index < -0.39 is 0 Å². The standard InChI is InChI=1S/C11H17N3O/c1-12-10-4-3-5-11(14-10)13-8-6-9(7-8)15-2/h3-5,8-9H,6-7H2,1-2H3,(H2,12,13,14). The third-order valence-electron chi connectivity index (χ3n) is 2.79. The van der Waals surface area contributed by atoms with E-state index in [4.69, 9.17) is 4.74 Å². The van der Waals surface area contributed by atoms with Crippen LogP contribution >= 0.6 is 0 Å². The minimum absolute atomic E-state index is 0.426. The molecule has 0 bridgehead atoms. The van der Waals surface area contributed by atoms with Crippen LogP contribution in [0.3, 0.4) is 0 Å². The predicted octanol–water partition coefficient (Wildman–Crippen LogP) is 1.71. The first kappa shape index (κ1) is 10.2. The van der Waals surface area contributed by atoms with Crippen LogP contribution in [0.5, 0.6) is 0 Å². The molecule has 0 spiro atoms. The molecule has 1 aliphatic rings. The van der Waals surface area contributed by atoms with E-state index in [0.717, 1.165) is 24.5 Å². The summed E-state index contributed by atoms with van der Waals surface area (Å²) in [6, 6.07) is 6.44.